The molecule has 2 N–H and O–H groups in total. The molecule has 1 aliphatic carbocycles. The second-order valence-electron chi connectivity index (χ2n) is 5.36. The number of thioether (sulfide) groups is 1. The van der Waals surface area contributed by atoms with Crippen molar-refractivity contribution in [3.8, 4) is 0 Å². The molecule has 0 aliphatic heterocycles. The molecule has 0 saturated heterocycles. The van der Waals surface area contributed by atoms with Gasteiger partial charge in [0, 0.05) is 17.2 Å². The van der Waals surface area contributed by atoms with Gasteiger partial charge in [-0.3, -0.25) is 9.59 Å². The van der Waals surface area contributed by atoms with Gasteiger partial charge in [-0.15, -0.1) is 0 Å². The molecule has 110 valence electrons. The minimum atomic E-state index is -0.768. The fourth-order valence-electron chi connectivity index (χ4n) is 2.70. The SMILES string of the molecule is CCC(CC)(CNC(=O)[C@@H]1CC[C@H](C(=O)O)C1)SC. The summed E-state index contributed by atoms with van der Waals surface area (Å²) in [5.41, 5.74) is 0. The van der Waals surface area contributed by atoms with Crippen LogP contribution in [0.2, 0.25) is 0 Å². The van der Waals surface area contributed by atoms with E-state index >= 15 is 0 Å². The summed E-state index contributed by atoms with van der Waals surface area (Å²) in [6.45, 7) is 4.96. The van der Waals surface area contributed by atoms with Crippen LogP contribution in [0, 0.1) is 11.8 Å². The highest BCUT2D eigenvalue weighted by atomic mass is 32.2. The molecule has 4 nitrogen and oxygen atoms in total. The molecule has 0 spiro atoms. The Labute approximate surface area is 119 Å². The van der Waals surface area contributed by atoms with Crippen molar-refractivity contribution in [2.75, 3.05) is 12.8 Å². The van der Waals surface area contributed by atoms with Gasteiger partial charge in [0.25, 0.3) is 0 Å². The molecule has 0 aromatic carbocycles. The van der Waals surface area contributed by atoms with E-state index in [1.807, 2.05) is 0 Å². The second-order valence-corrected chi connectivity index (χ2v) is 6.63. The average Bonchev–Trinajstić information content (AvgIpc) is 2.90. The highest BCUT2D eigenvalue weighted by molar-refractivity contribution is 8.00. The topological polar surface area (TPSA) is 66.4 Å². The Balaban J connectivity index is 2.46. The van der Waals surface area contributed by atoms with E-state index in [4.69, 9.17) is 5.11 Å². The summed E-state index contributed by atoms with van der Waals surface area (Å²) in [6.07, 6.45) is 5.94. The van der Waals surface area contributed by atoms with Gasteiger partial charge in [-0.05, 0) is 38.4 Å². The maximum atomic E-state index is 12.1. The van der Waals surface area contributed by atoms with E-state index < -0.39 is 5.97 Å². The quantitative estimate of drug-likeness (QED) is 0.755. The van der Waals surface area contributed by atoms with Crippen LogP contribution >= 0.6 is 11.8 Å². The predicted molar refractivity (Wildman–Crippen MR) is 78.3 cm³/mol. The molecule has 1 saturated carbocycles. The van der Waals surface area contributed by atoms with Gasteiger partial charge in [0.15, 0.2) is 0 Å². The van der Waals surface area contributed by atoms with E-state index in [-0.39, 0.29) is 22.5 Å². The van der Waals surface area contributed by atoms with Gasteiger partial charge >= 0.3 is 5.97 Å². The lowest BCUT2D eigenvalue weighted by Crippen LogP contribution is -2.41. The third-order valence-corrected chi connectivity index (χ3v) is 6.05. The maximum Gasteiger partial charge on any atom is 0.306 e. The molecular weight excluding hydrogens is 262 g/mol. The van der Waals surface area contributed by atoms with E-state index in [1.54, 1.807) is 11.8 Å². The lowest BCUT2D eigenvalue weighted by atomic mass is 10.0. The minimum Gasteiger partial charge on any atom is -0.481 e. The zero-order chi connectivity index (χ0) is 14.5. The fourth-order valence-corrected chi connectivity index (χ4v) is 3.49. The molecule has 2 atom stereocenters. The smallest absolute Gasteiger partial charge is 0.306 e. The van der Waals surface area contributed by atoms with Crippen LogP contribution in [-0.2, 0) is 9.59 Å². The third-order valence-electron chi connectivity index (χ3n) is 4.46. The summed E-state index contributed by atoms with van der Waals surface area (Å²) in [5.74, 6) is -1.19. The number of hydrogen-bond acceptors (Lipinski definition) is 3. The Hall–Kier alpha value is -0.710. The van der Waals surface area contributed by atoms with Gasteiger partial charge in [-0.25, -0.2) is 0 Å². The molecule has 1 amide bonds. The standard InChI is InChI=1S/C14H25NO3S/c1-4-14(5-2,19-3)9-15-12(16)10-6-7-11(8-10)13(17)18/h10-11H,4-9H2,1-3H3,(H,15,16)(H,17,18)/t10-,11+/m1/s1. The predicted octanol–water partition coefficient (Wildman–Crippen LogP) is 2.53. The van der Waals surface area contributed by atoms with E-state index in [9.17, 15) is 9.59 Å². The Kier molecular flexibility index (Phi) is 6.17. The summed E-state index contributed by atoms with van der Waals surface area (Å²) >= 11 is 1.80. The van der Waals surface area contributed by atoms with Gasteiger partial charge in [0.2, 0.25) is 5.91 Å². The number of carbonyl (C=O) groups excluding carboxylic acids is 1. The minimum absolute atomic E-state index is 0.0316. The second kappa shape index (κ2) is 7.17. The molecule has 0 unspecified atom stereocenters. The Morgan fingerprint density at radius 2 is 1.84 bits per heavy atom. The van der Waals surface area contributed by atoms with Gasteiger partial charge in [0.1, 0.15) is 0 Å². The van der Waals surface area contributed by atoms with Crippen LogP contribution in [-0.4, -0.2) is 34.5 Å². The highest BCUT2D eigenvalue weighted by Crippen LogP contribution is 2.32. The number of hydrogen-bond donors (Lipinski definition) is 2. The molecule has 0 aromatic rings. The molecule has 1 rings (SSSR count). The van der Waals surface area contributed by atoms with Crippen LogP contribution in [0.3, 0.4) is 0 Å². The fraction of sp³-hybridized carbons (Fsp3) is 0.857. The van der Waals surface area contributed by atoms with E-state index in [2.05, 4.69) is 25.4 Å². The van der Waals surface area contributed by atoms with Crippen LogP contribution < -0.4 is 5.32 Å². The van der Waals surface area contributed by atoms with Crippen LogP contribution in [0.15, 0.2) is 0 Å². The molecule has 0 bridgehead atoms. The molecule has 0 radical (unpaired) electrons. The average molecular weight is 287 g/mol. The van der Waals surface area contributed by atoms with Gasteiger partial charge in [0.05, 0.1) is 5.92 Å². The monoisotopic (exact) mass is 287 g/mol. The highest BCUT2D eigenvalue weighted by Gasteiger charge is 2.34. The van der Waals surface area contributed by atoms with Crippen LogP contribution in [0.1, 0.15) is 46.0 Å². The van der Waals surface area contributed by atoms with Crippen molar-refractivity contribution in [3.05, 3.63) is 0 Å². The molecule has 0 heterocycles. The van der Waals surface area contributed by atoms with Crippen molar-refractivity contribution >= 4 is 23.6 Å². The number of aliphatic carboxylic acids is 1. The van der Waals surface area contributed by atoms with Crippen molar-refractivity contribution in [2.24, 2.45) is 11.8 Å². The molecule has 0 aromatic heterocycles. The largest absolute Gasteiger partial charge is 0.481 e. The number of carboxylic acids is 1. The zero-order valence-electron chi connectivity index (χ0n) is 12.1. The number of nitrogens with one attached hydrogen (secondary N) is 1. The van der Waals surface area contributed by atoms with Crippen LogP contribution in [0.25, 0.3) is 0 Å². The first-order valence-electron chi connectivity index (χ1n) is 7.03. The first-order chi connectivity index (χ1) is 8.98. The first-order valence-corrected chi connectivity index (χ1v) is 8.26. The Morgan fingerprint density at radius 1 is 1.26 bits per heavy atom. The van der Waals surface area contributed by atoms with E-state index in [0.29, 0.717) is 25.8 Å². The zero-order valence-corrected chi connectivity index (χ0v) is 12.9. The molecule has 5 heteroatoms. The van der Waals surface area contributed by atoms with Gasteiger partial charge < -0.3 is 10.4 Å². The Morgan fingerprint density at radius 3 is 2.26 bits per heavy atom. The van der Waals surface area contributed by atoms with Crippen molar-refractivity contribution in [1.29, 1.82) is 0 Å². The number of carbonyl (C=O) groups is 2. The van der Waals surface area contributed by atoms with Crippen molar-refractivity contribution in [3.63, 3.8) is 0 Å². The Bertz CT molecular complexity index is 320. The van der Waals surface area contributed by atoms with Crippen LogP contribution in [0.5, 0.6) is 0 Å². The lowest BCUT2D eigenvalue weighted by Gasteiger charge is -2.30. The normalized spacial score (nSPS) is 23.3. The van der Waals surface area contributed by atoms with Crippen LogP contribution in [0.4, 0.5) is 0 Å². The maximum absolute atomic E-state index is 12.1. The summed E-state index contributed by atoms with van der Waals surface area (Å²) in [7, 11) is 0. The molecule has 19 heavy (non-hydrogen) atoms. The summed E-state index contributed by atoms with van der Waals surface area (Å²) < 4.78 is 0.112. The van der Waals surface area contributed by atoms with Crippen molar-refractivity contribution in [2.45, 2.75) is 50.7 Å². The van der Waals surface area contributed by atoms with E-state index in [1.165, 1.54) is 0 Å². The molecule has 1 fully saturated rings. The van der Waals surface area contributed by atoms with E-state index in [0.717, 1.165) is 12.8 Å². The number of amides is 1. The van der Waals surface area contributed by atoms with Crippen molar-refractivity contribution in [1.82, 2.24) is 5.32 Å². The number of carboxylic acid groups (broad SMARTS) is 1. The number of rotatable bonds is 7. The summed E-state index contributed by atoms with van der Waals surface area (Å²) in [4.78, 5) is 23.0. The summed E-state index contributed by atoms with van der Waals surface area (Å²) in [5, 5.41) is 12.0. The third kappa shape index (κ3) is 4.13. The molecular formula is C14H25NO3S. The lowest BCUT2D eigenvalue weighted by molar-refractivity contribution is -0.141. The molecule has 1 aliphatic rings. The summed E-state index contributed by atoms with van der Waals surface area (Å²) in [6, 6.07) is 0. The van der Waals surface area contributed by atoms with Gasteiger partial charge in [-0.2, -0.15) is 11.8 Å². The van der Waals surface area contributed by atoms with Gasteiger partial charge in [-0.1, -0.05) is 13.8 Å². The first kappa shape index (κ1) is 16.3. The van der Waals surface area contributed by atoms with Crippen molar-refractivity contribution < 1.29 is 14.7 Å².